The second-order valence-electron chi connectivity index (χ2n) is 5.06. The first-order valence-corrected chi connectivity index (χ1v) is 6.74. The van der Waals surface area contributed by atoms with Crippen molar-refractivity contribution in [3.63, 3.8) is 0 Å². The Hall–Kier alpha value is -2.76. The van der Waals surface area contributed by atoms with E-state index < -0.39 is 11.6 Å². The Labute approximate surface area is 126 Å². The van der Waals surface area contributed by atoms with Crippen LogP contribution >= 0.6 is 0 Å². The molecule has 0 saturated carbocycles. The van der Waals surface area contributed by atoms with E-state index in [0.717, 1.165) is 17.3 Å². The molecule has 1 aromatic heterocycles. The fourth-order valence-electron chi connectivity index (χ4n) is 2.06. The molecule has 6 heteroatoms. The first-order valence-electron chi connectivity index (χ1n) is 6.74. The molecule has 4 nitrogen and oxygen atoms in total. The van der Waals surface area contributed by atoms with Gasteiger partial charge in [-0.2, -0.15) is 4.98 Å². The lowest BCUT2D eigenvalue weighted by molar-refractivity contribution is 0.580. The first-order chi connectivity index (χ1) is 10.5. The van der Waals surface area contributed by atoms with E-state index in [1.165, 1.54) is 28.7 Å². The molecule has 0 unspecified atom stereocenters. The van der Waals surface area contributed by atoms with Gasteiger partial charge < -0.3 is 5.32 Å². The molecule has 0 saturated heterocycles. The molecule has 0 fully saturated rings. The molecular formula is C16H14F2N4. The van der Waals surface area contributed by atoms with Crippen LogP contribution in [-0.4, -0.2) is 14.8 Å². The predicted octanol–water partition coefficient (Wildman–Crippen LogP) is 3.91. The molecule has 2 aromatic carbocycles. The van der Waals surface area contributed by atoms with E-state index in [9.17, 15) is 8.78 Å². The van der Waals surface area contributed by atoms with Crippen molar-refractivity contribution in [1.82, 2.24) is 14.8 Å². The second-order valence-corrected chi connectivity index (χ2v) is 5.06. The zero-order valence-electron chi connectivity index (χ0n) is 12.1. The highest BCUT2D eigenvalue weighted by Crippen LogP contribution is 2.18. The van der Waals surface area contributed by atoms with Gasteiger partial charge >= 0.3 is 0 Å². The van der Waals surface area contributed by atoms with Gasteiger partial charge in [-0.1, -0.05) is 6.07 Å². The fourth-order valence-corrected chi connectivity index (χ4v) is 2.06. The number of hydrogen-bond acceptors (Lipinski definition) is 3. The van der Waals surface area contributed by atoms with Crippen LogP contribution in [0.3, 0.4) is 0 Å². The van der Waals surface area contributed by atoms with Gasteiger partial charge in [0.2, 0.25) is 5.95 Å². The number of rotatable bonds is 3. The summed E-state index contributed by atoms with van der Waals surface area (Å²) in [7, 11) is 0. The van der Waals surface area contributed by atoms with E-state index in [2.05, 4.69) is 15.4 Å². The van der Waals surface area contributed by atoms with Crippen LogP contribution in [0.2, 0.25) is 0 Å². The van der Waals surface area contributed by atoms with E-state index in [1.807, 2.05) is 32.0 Å². The molecule has 0 aliphatic heterocycles. The topological polar surface area (TPSA) is 42.7 Å². The minimum Gasteiger partial charge on any atom is -0.323 e. The van der Waals surface area contributed by atoms with Crippen molar-refractivity contribution in [3.8, 4) is 5.69 Å². The second kappa shape index (κ2) is 5.55. The summed E-state index contributed by atoms with van der Waals surface area (Å²) in [6.45, 7) is 4.05. The van der Waals surface area contributed by atoms with Crippen molar-refractivity contribution in [2.24, 2.45) is 0 Å². The van der Waals surface area contributed by atoms with E-state index in [1.54, 1.807) is 0 Å². The summed E-state index contributed by atoms with van der Waals surface area (Å²) in [6.07, 6.45) is 1.40. The molecule has 0 radical (unpaired) electrons. The number of nitrogens with one attached hydrogen (secondary N) is 1. The molecule has 0 aliphatic carbocycles. The number of nitrogens with zero attached hydrogens (tertiary/aromatic N) is 3. The van der Waals surface area contributed by atoms with Crippen molar-refractivity contribution in [3.05, 3.63) is 65.5 Å². The summed E-state index contributed by atoms with van der Waals surface area (Å²) in [6, 6.07) is 9.10. The Morgan fingerprint density at radius 1 is 0.955 bits per heavy atom. The summed E-state index contributed by atoms with van der Waals surface area (Å²) in [5, 5.41) is 7.23. The van der Waals surface area contributed by atoms with Gasteiger partial charge in [0, 0.05) is 11.8 Å². The fraction of sp³-hybridized carbons (Fsp3) is 0.125. The van der Waals surface area contributed by atoms with Crippen molar-refractivity contribution in [2.45, 2.75) is 13.8 Å². The molecule has 1 heterocycles. The average Bonchev–Trinajstić information content (AvgIpc) is 2.90. The normalized spacial score (nSPS) is 10.7. The Morgan fingerprint density at radius 2 is 1.68 bits per heavy atom. The number of anilines is 2. The Kier molecular flexibility index (Phi) is 3.58. The summed E-state index contributed by atoms with van der Waals surface area (Å²) in [5.41, 5.74) is 3.47. The van der Waals surface area contributed by atoms with Gasteiger partial charge in [0.25, 0.3) is 0 Å². The molecule has 0 spiro atoms. The maximum Gasteiger partial charge on any atom is 0.246 e. The van der Waals surface area contributed by atoms with Crippen LogP contribution in [0.4, 0.5) is 20.4 Å². The van der Waals surface area contributed by atoms with Crippen molar-refractivity contribution in [1.29, 1.82) is 0 Å². The van der Waals surface area contributed by atoms with Crippen LogP contribution in [0.25, 0.3) is 5.69 Å². The quantitative estimate of drug-likeness (QED) is 0.797. The highest BCUT2D eigenvalue weighted by Gasteiger charge is 2.07. The largest absolute Gasteiger partial charge is 0.323 e. The van der Waals surface area contributed by atoms with E-state index in [-0.39, 0.29) is 5.69 Å². The Balaban J connectivity index is 1.85. The van der Waals surface area contributed by atoms with Crippen LogP contribution < -0.4 is 5.32 Å². The number of aromatic nitrogens is 3. The highest BCUT2D eigenvalue weighted by molar-refractivity contribution is 5.55. The summed E-state index contributed by atoms with van der Waals surface area (Å²) < 4.78 is 27.8. The van der Waals surface area contributed by atoms with Crippen LogP contribution in [0.1, 0.15) is 11.1 Å². The highest BCUT2D eigenvalue weighted by atomic mass is 19.1. The Bertz CT molecular complexity index is 807. The van der Waals surface area contributed by atoms with Gasteiger partial charge in [-0.15, -0.1) is 5.10 Å². The molecule has 1 N–H and O–H groups in total. The third-order valence-electron chi connectivity index (χ3n) is 3.37. The number of benzene rings is 2. The molecule has 0 amide bonds. The number of aryl methyl sites for hydroxylation is 2. The van der Waals surface area contributed by atoms with Crippen LogP contribution in [0.15, 0.2) is 42.7 Å². The molecule has 0 atom stereocenters. The number of halogens is 2. The Morgan fingerprint density at radius 3 is 2.36 bits per heavy atom. The predicted molar refractivity (Wildman–Crippen MR) is 80.5 cm³/mol. The van der Waals surface area contributed by atoms with Crippen LogP contribution in [0, 0.1) is 25.5 Å². The lowest BCUT2D eigenvalue weighted by Crippen LogP contribution is -1.99. The van der Waals surface area contributed by atoms with Gasteiger partial charge in [-0.05, 0) is 49.2 Å². The molecule has 112 valence electrons. The monoisotopic (exact) mass is 300 g/mol. The molecule has 3 rings (SSSR count). The van der Waals surface area contributed by atoms with Crippen molar-refractivity contribution in [2.75, 3.05) is 5.32 Å². The van der Waals surface area contributed by atoms with E-state index >= 15 is 0 Å². The van der Waals surface area contributed by atoms with Gasteiger partial charge in [-0.3, -0.25) is 0 Å². The zero-order valence-corrected chi connectivity index (χ0v) is 12.1. The van der Waals surface area contributed by atoms with Crippen molar-refractivity contribution < 1.29 is 8.78 Å². The summed E-state index contributed by atoms with van der Waals surface area (Å²) >= 11 is 0. The number of hydrogen-bond donors (Lipinski definition) is 1. The zero-order chi connectivity index (χ0) is 15.7. The minimum atomic E-state index is -0.658. The minimum absolute atomic E-state index is 0.276. The molecular weight excluding hydrogens is 286 g/mol. The van der Waals surface area contributed by atoms with Gasteiger partial charge in [0.05, 0.1) is 5.69 Å². The summed E-state index contributed by atoms with van der Waals surface area (Å²) in [5.74, 6) is -0.962. The van der Waals surface area contributed by atoms with E-state index in [4.69, 9.17) is 0 Å². The maximum absolute atomic E-state index is 13.2. The lowest BCUT2D eigenvalue weighted by atomic mass is 10.1. The van der Waals surface area contributed by atoms with Gasteiger partial charge in [0.15, 0.2) is 0 Å². The summed E-state index contributed by atoms with van der Waals surface area (Å²) in [4.78, 5) is 4.10. The third-order valence-corrected chi connectivity index (χ3v) is 3.37. The third kappa shape index (κ3) is 2.95. The molecule has 3 aromatic rings. The van der Waals surface area contributed by atoms with Gasteiger partial charge in [-0.25, -0.2) is 13.5 Å². The van der Waals surface area contributed by atoms with Crippen LogP contribution in [0.5, 0.6) is 0 Å². The lowest BCUT2D eigenvalue weighted by Gasteiger charge is -2.05. The molecule has 0 bridgehead atoms. The SMILES string of the molecule is Cc1ccc(Nc2ncn(-c3cc(F)cc(F)c3)n2)cc1C. The standard InChI is InChI=1S/C16H14F2N4/c1-10-3-4-14(5-11(10)2)20-16-19-9-22(21-16)15-7-12(17)6-13(18)8-15/h3-9H,1-2H3,(H,20,21). The van der Waals surface area contributed by atoms with E-state index in [0.29, 0.717) is 5.95 Å². The average molecular weight is 300 g/mol. The smallest absolute Gasteiger partial charge is 0.246 e. The molecule has 0 aliphatic rings. The molecule has 22 heavy (non-hydrogen) atoms. The van der Waals surface area contributed by atoms with Crippen molar-refractivity contribution >= 4 is 11.6 Å². The maximum atomic E-state index is 13.2. The first kappa shape index (κ1) is 14.2. The van der Waals surface area contributed by atoms with Crippen LogP contribution in [-0.2, 0) is 0 Å². The van der Waals surface area contributed by atoms with Gasteiger partial charge in [0.1, 0.15) is 18.0 Å².